The van der Waals surface area contributed by atoms with Crippen LogP contribution in [0.5, 0.6) is 5.75 Å². The second-order valence-corrected chi connectivity index (χ2v) is 6.96. The molecule has 27 heavy (non-hydrogen) atoms. The maximum absolute atomic E-state index is 12.8. The molecule has 0 aromatic heterocycles. The van der Waals surface area contributed by atoms with Crippen molar-refractivity contribution in [1.29, 1.82) is 0 Å². The summed E-state index contributed by atoms with van der Waals surface area (Å²) >= 11 is 6.27. The number of para-hydroxylation sites is 3. The summed E-state index contributed by atoms with van der Waals surface area (Å²) in [6.07, 6.45) is 0. The van der Waals surface area contributed by atoms with Crippen molar-refractivity contribution >= 4 is 34.8 Å². The predicted molar refractivity (Wildman–Crippen MR) is 105 cm³/mol. The minimum absolute atomic E-state index is 0.0330. The van der Waals surface area contributed by atoms with E-state index in [2.05, 4.69) is 4.90 Å². The molecule has 0 radical (unpaired) electrons. The van der Waals surface area contributed by atoms with Crippen molar-refractivity contribution in [3.8, 4) is 5.75 Å². The number of piperazine rings is 1. The molecule has 0 spiro atoms. The number of amides is 2. The molecule has 7 heteroatoms. The van der Waals surface area contributed by atoms with Crippen LogP contribution in [0.25, 0.3) is 0 Å². The van der Waals surface area contributed by atoms with Crippen LogP contribution in [0.1, 0.15) is 0 Å². The second-order valence-electron chi connectivity index (χ2n) is 6.56. The van der Waals surface area contributed by atoms with Crippen molar-refractivity contribution in [1.82, 2.24) is 4.90 Å². The van der Waals surface area contributed by atoms with Gasteiger partial charge in [0.15, 0.2) is 6.61 Å². The Morgan fingerprint density at radius 1 is 0.963 bits per heavy atom. The number of anilines is 2. The molecule has 2 heterocycles. The zero-order valence-electron chi connectivity index (χ0n) is 14.8. The fourth-order valence-corrected chi connectivity index (χ4v) is 3.72. The van der Waals surface area contributed by atoms with E-state index < -0.39 is 0 Å². The standard InChI is InChI=1S/C20H20ClN3O3/c21-15-5-1-2-6-16(15)22-9-11-23(12-10-22)19(25)13-24-17-7-3-4-8-18(17)27-14-20(24)26/h1-8H,9-14H2. The Bertz CT molecular complexity index is 865. The van der Waals surface area contributed by atoms with Crippen LogP contribution in [-0.4, -0.2) is 56.0 Å². The number of carbonyl (C=O) groups is 2. The van der Waals surface area contributed by atoms with Gasteiger partial charge in [-0.25, -0.2) is 0 Å². The summed E-state index contributed by atoms with van der Waals surface area (Å²) < 4.78 is 5.43. The highest BCUT2D eigenvalue weighted by atomic mass is 35.5. The molecule has 0 unspecified atom stereocenters. The second kappa shape index (κ2) is 7.48. The lowest BCUT2D eigenvalue weighted by Gasteiger charge is -2.37. The Hall–Kier alpha value is -2.73. The lowest BCUT2D eigenvalue weighted by molar-refractivity contribution is -0.132. The highest BCUT2D eigenvalue weighted by molar-refractivity contribution is 6.33. The average Bonchev–Trinajstić information content (AvgIpc) is 2.70. The van der Waals surface area contributed by atoms with E-state index in [1.807, 2.05) is 42.5 Å². The molecule has 0 saturated carbocycles. The van der Waals surface area contributed by atoms with Gasteiger partial charge in [0.2, 0.25) is 5.91 Å². The van der Waals surface area contributed by atoms with Crippen LogP contribution in [0, 0.1) is 0 Å². The molecule has 0 N–H and O–H groups in total. The summed E-state index contributed by atoms with van der Waals surface area (Å²) in [5.74, 6) is 0.379. The Morgan fingerprint density at radius 3 is 2.37 bits per heavy atom. The molecule has 2 aliphatic heterocycles. The third kappa shape index (κ3) is 3.57. The first-order valence-electron chi connectivity index (χ1n) is 8.93. The number of hydrogen-bond donors (Lipinski definition) is 0. The van der Waals surface area contributed by atoms with Gasteiger partial charge in [0.05, 0.1) is 16.4 Å². The Kier molecular flexibility index (Phi) is 4.90. The summed E-state index contributed by atoms with van der Waals surface area (Å²) in [6, 6.07) is 15.0. The van der Waals surface area contributed by atoms with Crippen LogP contribution in [-0.2, 0) is 9.59 Å². The van der Waals surface area contributed by atoms with Gasteiger partial charge in [-0.15, -0.1) is 0 Å². The van der Waals surface area contributed by atoms with Crippen LogP contribution in [0.3, 0.4) is 0 Å². The van der Waals surface area contributed by atoms with Gasteiger partial charge in [0, 0.05) is 26.2 Å². The Labute approximate surface area is 162 Å². The van der Waals surface area contributed by atoms with E-state index in [0.717, 1.165) is 5.69 Å². The van der Waals surface area contributed by atoms with Gasteiger partial charge in [-0.05, 0) is 24.3 Å². The SMILES string of the molecule is O=C(CN1C(=O)COc2ccccc21)N1CCN(c2ccccc2Cl)CC1. The number of rotatable bonds is 3. The van der Waals surface area contributed by atoms with Crippen LogP contribution >= 0.6 is 11.6 Å². The summed E-state index contributed by atoms with van der Waals surface area (Å²) in [4.78, 5) is 30.5. The van der Waals surface area contributed by atoms with Gasteiger partial charge < -0.3 is 14.5 Å². The van der Waals surface area contributed by atoms with E-state index in [9.17, 15) is 9.59 Å². The third-order valence-corrected chi connectivity index (χ3v) is 5.25. The van der Waals surface area contributed by atoms with E-state index in [1.54, 1.807) is 11.0 Å². The molecule has 140 valence electrons. The largest absolute Gasteiger partial charge is 0.482 e. The molecular formula is C20H20ClN3O3. The molecule has 1 saturated heterocycles. The molecule has 2 aliphatic rings. The zero-order valence-corrected chi connectivity index (χ0v) is 15.6. The molecule has 1 fully saturated rings. The summed E-state index contributed by atoms with van der Waals surface area (Å²) in [6.45, 7) is 2.62. The molecule has 6 nitrogen and oxygen atoms in total. The monoisotopic (exact) mass is 385 g/mol. The summed E-state index contributed by atoms with van der Waals surface area (Å²) in [7, 11) is 0. The normalized spacial score (nSPS) is 16.8. The van der Waals surface area contributed by atoms with Crippen molar-refractivity contribution in [2.24, 2.45) is 0 Å². The van der Waals surface area contributed by atoms with Crippen molar-refractivity contribution in [2.75, 3.05) is 49.1 Å². The number of ether oxygens (including phenoxy) is 1. The Balaban J connectivity index is 1.40. The van der Waals surface area contributed by atoms with Gasteiger partial charge in [0.25, 0.3) is 5.91 Å². The van der Waals surface area contributed by atoms with E-state index >= 15 is 0 Å². The number of nitrogens with zero attached hydrogens (tertiary/aromatic N) is 3. The van der Waals surface area contributed by atoms with Crippen molar-refractivity contribution in [3.05, 3.63) is 53.6 Å². The fourth-order valence-electron chi connectivity index (χ4n) is 3.47. The molecule has 2 amide bonds. The lowest BCUT2D eigenvalue weighted by Crippen LogP contribution is -2.53. The van der Waals surface area contributed by atoms with Crippen molar-refractivity contribution < 1.29 is 14.3 Å². The third-order valence-electron chi connectivity index (χ3n) is 4.93. The van der Waals surface area contributed by atoms with Gasteiger partial charge in [-0.3, -0.25) is 14.5 Å². The maximum atomic E-state index is 12.8. The van der Waals surface area contributed by atoms with Crippen LogP contribution in [0.15, 0.2) is 48.5 Å². The quantitative estimate of drug-likeness (QED) is 0.814. The minimum Gasteiger partial charge on any atom is -0.482 e. The number of halogens is 1. The minimum atomic E-state index is -0.197. The first-order chi connectivity index (χ1) is 13.1. The predicted octanol–water partition coefficient (Wildman–Crippen LogP) is 2.41. The highest BCUT2D eigenvalue weighted by Crippen LogP contribution is 2.31. The highest BCUT2D eigenvalue weighted by Gasteiger charge is 2.30. The molecule has 0 aliphatic carbocycles. The van der Waals surface area contributed by atoms with Crippen LogP contribution < -0.4 is 14.5 Å². The summed E-state index contributed by atoms with van der Waals surface area (Å²) in [5.41, 5.74) is 1.64. The smallest absolute Gasteiger partial charge is 0.265 e. The zero-order chi connectivity index (χ0) is 18.8. The number of carbonyl (C=O) groups excluding carboxylic acids is 2. The maximum Gasteiger partial charge on any atom is 0.265 e. The van der Waals surface area contributed by atoms with Gasteiger partial charge in [-0.2, -0.15) is 0 Å². The number of benzene rings is 2. The van der Waals surface area contributed by atoms with Gasteiger partial charge in [-0.1, -0.05) is 35.9 Å². The molecular weight excluding hydrogens is 366 g/mol. The molecule has 2 aromatic carbocycles. The van der Waals surface area contributed by atoms with Crippen LogP contribution in [0.4, 0.5) is 11.4 Å². The van der Waals surface area contributed by atoms with E-state index in [1.165, 1.54) is 4.90 Å². The van der Waals surface area contributed by atoms with E-state index in [0.29, 0.717) is 42.6 Å². The Morgan fingerprint density at radius 2 is 1.63 bits per heavy atom. The number of fused-ring (bicyclic) bond motifs is 1. The van der Waals surface area contributed by atoms with E-state index in [4.69, 9.17) is 16.3 Å². The topological polar surface area (TPSA) is 53.1 Å². The first-order valence-corrected chi connectivity index (χ1v) is 9.31. The first kappa shape index (κ1) is 17.7. The van der Waals surface area contributed by atoms with Crippen LogP contribution in [0.2, 0.25) is 5.02 Å². The molecule has 0 bridgehead atoms. The molecule has 2 aromatic rings. The average molecular weight is 386 g/mol. The van der Waals surface area contributed by atoms with Crippen molar-refractivity contribution in [2.45, 2.75) is 0 Å². The molecule has 0 atom stereocenters. The van der Waals surface area contributed by atoms with Crippen molar-refractivity contribution in [3.63, 3.8) is 0 Å². The fraction of sp³-hybridized carbons (Fsp3) is 0.300. The summed E-state index contributed by atoms with van der Waals surface area (Å²) in [5, 5.41) is 0.716. The number of hydrogen-bond acceptors (Lipinski definition) is 4. The van der Waals surface area contributed by atoms with E-state index in [-0.39, 0.29) is 25.0 Å². The van der Waals surface area contributed by atoms with Gasteiger partial charge >= 0.3 is 0 Å². The molecule has 4 rings (SSSR count). The lowest BCUT2D eigenvalue weighted by atomic mass is 10.2. The van der Waals surface area contributed by atoms with Gasteiger partial charge in [0.1, 0.15) is 12.3 Å².